The Morgan fingerprint density at radius 2 is 1.87 bits per heavy atom. The third-order valence-corrected chi connectivity index (χ3v) is 7.91. The molecule has 0 N–H and O–H groups in total. The number of pyridine rings is 1. The van der Waals surface area contributed by atoms with Gasteiger partial charge in [-0.2, -0.15) is 15.2 Å². The fraction of sp³-hybridized carbons (Fsp3) is 0.242. The van der Waals surface area contributed by atoms with Gasteiger partial charge in [-0.15, -0.1) is 0 Å². The zero-order valence-electron chi connectivity index (χ0n) is 25.0. The molecular weight excluding hydrogens is 597 g/mol. The van der Waals surface area contributed by atoms with Crippen LogP contribution in [0.1, 0.15) is 23.5 Å². The molecule has 1 saturated heterocycles. The summed E-state index contributed by atoms with van der Waals surface area (Å²) in [6.07, 6.45) is 2.43. The van der Waals surface area contributed by atoms with Gasteiger partial charge in [0.15, 0.2) is 29.9 Å². The lowest BCUT2D eigenvalue weighted by atomic mass is 9.97. The third kappa shape index (κ3) is 5.65. The Labute approximate surface area is 261 Å². The van der Waals surface area contributed by atoms with Crippen molar-refractivity contribution in [2.75, 3.05) is 24.5 Å². The van der Waals surface area contributed by atoms with Gasteiger partial charge in [-0.3, -0.25) is 9.78 Å². The quantitative estimate of drug-likeness (QED) is 0.216. The minimum atomic E-state index is -1.12. The number of rotatable bonds is 7. The molecule has 2 aromatic carbocycles. The Hall–Kier alpha value is -5.64. The topological polar surface area (TPSA) is 121 Å². The van der Waals surface area contributed by atoms with Crippen LogP contribution in [-0.2, 0) is 11.4 Å². The number of hydrogen-bond acceptors (Lipinski definition) is 9. The van der Waals surface area contributed by atoms with Crippen LogP contribution in [0.2, 0.25) is 0 Å². The largest absolute Gasteiger partial charge is 0.455 e. The molecule has 13 heteroatoms. The lowest BCUT2D eigenvalue weighted by Crippen LogP contribution is -2.55. The summed E-state index contributed by atoms with van der Waals surface area (Å²) in [4.78, 5) is 37.0. The van der Waals surface area contributed by atoms with Crippen LogP contribution >= 0.6 is 0 Å². The number of fused-ring (bicyclic) bond motifs is 2. The number of piperazine rings is 1. The Balaban J connectivity index is 1.47. The van der Waals surface area contributed by atoms with Crippen molar-refractivity contribution in [2.45, 2.75) is 32.9 Å². The lowest BCUT2D eigenvalue weighted by Gasteiger charge is -2.41. The first-order valence-electron chi connectivity index (χ1n) is 14.4. The van der Waals surface area contributed by atoms with E-state index in [1.165, 1.54) is 18.0 Å². The molecule has 1 aliphatic heterocycles. The van der Waals surface area contributed by atoms with Gasteiger partial charge < -0.3 is 14.5 Å². The molecule has 6 rings (SSSR count). The van der Waals surface area contributed by atoms with Gasteiger partial charge in [0.1, 0.15) is 17.0 Å². The molecule has 0 saturated carbocycles. The van der Waals surface area contributed by atoms with Crippen molar-refractivity contribution in [1.29, 1.82) is 5.26 Å². The molecule has 3 aromatic heterocycles. The average molecular weight is 625 g/mol. The minimum Gasteiger partial charge on any atom is -0.455 e. The fourth-order valence-corrected chi connectivity index (χ4v) is 5.69. The average Bonchev–Trinajstić information content (AvgIpc) is 3.05. The summed E-state index contributed by atoms with van der Waals surface area (Å²) in [7, 11) is 0. The maximum absolute atomic E-state index is 16.6. The van der Waals surface area contributed by atoms with E-state index in [2.05, 4.69) is 31.5 Å². The summed E-state index contributed by atoms with van der Waals surface area (Å²) in [5, 5.41) is 11.5. The highest BCUT2D eigenvalue weighted by Gasteiger charge is 2.33. The number of amides is 1. The summed E-state index contributed by atoms with van der Waals surface area (Å²) in [5.74, 6) is -2.88. The van der Waals surface area contributed by atoms with Crippen LogP contribution in [0.25, 0.3) is 32.9 Å². The van der Waals surface area contributed by atoms with Gasteiger partial charge in [-0.1, -0.05) is 43.0 Å². The van der Waals surface area contributed by atoms with E-state index in [4.69, 9.17) is 4.74 Å². The number of carbonyl (C=O) groups is 1. The molecular formula is C33H27F3N8O2. The number of nitriles is 1. The Bertz CT molecular complexity index is 2060. The number of hydrogen-bond donors (Lipinski definition) is 0. The number of nitrogens with zero attached hydrogens (tertiary/aromatic N) is 8. The van der Waals surface area contributed by atoms with Crippen LogP contribution in [0.3, 0.4) is 0 Å². The molecule has 0 bridgehead atoms. The first-order valence-corrected chi connectivity index (χ1v) is 14.4. The highest BCUT2D eigenvalue weighted by Crippen LogP contribution is 2.36. The molecule has 1 fully saturated rings. The SMILES string of the molecule is C=C(F)C(=O)N1CCN(c2nc(OCc3ncc(F)c(C)n3)nc3c(F)c(-c4cccc5cccc(C)c45)ncc23)C[C@@H]1CC#N. The van der Waals surface area contributed by atoms with E-state index in [1.807, 2.05) is 43.3 Å². The van der Waals surface area contributed by atoms with Crippen molar-refractivity contribution in [3.63, 3.8) is 0 Å². The molecule has 1 atom stereocenters. The van der Waals surface area contributed by atoms with Crippen molar-refractivity contribution in [2.24, 2.45) is 0 Å². The standard InChI is InChI=1S/C33H27F3N8O2/c1-18-6-4-7-21-8-5-9-23(27(18)21)29-28(36)30-24(14-39-29)31(42-33(41-30)46-17-26-38-15-25(35)20(3)40-26)43-12-13-44(32(45)19(2)34)22(16-43)10-11-37/h4-9,14-15,22H,2,10,12-13,16-17H2,1,3H3/t22-/m0/s1. The van der Waals surface area contributed by atoms with Crippen LogP contribution in [0.5, 0.6) is 6.01 Å². The van der Waals surface area contributed by atoms with Gasteiger partial charge >= 0.3 is 6.01 Å². The predicted octanol–water partition coefficient (Wildman–Crippen LogP) is 5.52. The Kier molecular flexibility index (Phi) is 8.19. The monoisotopic (exact) mass is 624 g/mol. The maximum atomic E-state index is 16.6. The van der Waals surface area contributed by atoms with E-state index in [1.54, 1.807) is 11.0 Å². The number of benzene rings is 2. The highest BCUT2D eigenvalue weighted by molar-refractivity contribution is 6.00. The van der Waals surface area contributed by atoms with Crippen molar-refractivity contribution in [3.8, 4) is 23.3 Å². The van der Waals surface area contributed by atoms with Gasteiger partial charge in [0.25, 0.3) is 5.91 Å². The second-order valence-electron chi connectivity index (χ2n) is 10.9. The number of halogens is 3. The smallest absolute Gasteiger partial charge is 0.319 e. The summed E-state index contributed by atoms with van der Waals surface area (Å²) < 4.78 is 50.0. The summed E-state index contributed by atoms with van der Waals surface area (Å²) in [5.41, 5.74) is 1.68. The second kappa shape index (κ2) is 12.4. The normalized spacial score (nSPS) is 14.8. The third-order valence-electron chi connectivity index (χ3n) is 7.91. The number of aromatic nitrogens is 5. The minimum absolute atomic E-state index is 0.0573. The molecule has 0 unspecified atom stereocenters. The molecule has 232 valence electrons. The van der Waals surface area contributed by atoms with Gasteiger partial charge in [0, 0.05) is 31.4 Å². The van der Waals surface area contributed by atoms with Crippen LogP contribution in [0, 0.1) is 36.8 Å². The molecule has 0 aliphatic carbocycles. The van der Waals surface area contributed by atoms with Gasteiger partial charge in [-0.25, -0.2) is 23.1 Å². The molecule has 0 radical (unpaired) electrons. The summed E-state index contributed by atoms with van der Waals surface area (Å²) in [6.45, 7) is 6.63. The van der Waals surface area contributed by atoms with Crippen LogP contribution < -0.4 is 9.64 Å². The first-order chi connectivity index (χ1) is 22.2. The zero-order chi connectivity index (χ0) is 32.5. The van der Waals surface area contributed by atoms with Crippen molar-refractivity contribution in [1.82, 2.24) is 29.8 Å². The predicted molar refractivity (Wildman–Crippen MR) is 164 cm³/mol. The van der Waals surface area contributed by atoms with E-state index in [9.17, 15) is 18.8 Å². The van der Waals surface area contributed by atoms with Crippen LogP contribution in [-0.4, -0.2) is 61.4 Å². The number of anilines is 1. The second-order valence-corrected chi connectivity index (χ2v) is 10.9. The summed E-state index contributed by atoms with van der Waals surface area (Å²) in [6, 6.07) is 12.5. The number of ether oxygens (including phenoxy) is 1. The summed E-state index contributed by atoms with van der Waals surface area (Å²) >= 11 is 0. The first kappa shape index (κ1) is 30.4. The molecule has 46 heavy (non-hydrogen) atoms. The molecule has 1 amide bonds. The lowest BCUT2D eigenvalue weighted by molar-refractivity contribution is -0.131. The molecule has 0 spiro atoms. The zero-order valence-corrected chi connectivity index (χ0v) is 25.0. The van der Waals surface area contributed by atoms with E-state index in [-0.39, 0.29) is 72.6 Å². The van der Waals surface area contributed by atoms with E-state index >= 15 is 4.39 Å². The number of aryl methyl sites for hydroxylation is 2. The molecule has 1 aliphatic rings. The van der Waals surface area contributed by atoms with E-state index < -0.39 is 29.4 Å². The van der Waals surface area contributed by atoms with Crippen molar-refractivity contribution in [3.05, 3.63) is 89.9 Å². The van der Waals surface area contributed by atoms with E-state index in [0.29, 0.717) is 5.56 Å². The fourth-order valence-electron chi connectivity index (χ4n) is 5.69. The molecule has 5 aromatic rings. The highest BCUT2D eigenvalue weighted by atomic mass is 19.1. The molecule has 10 nitrogen and oxygen atoms in total. The maximum Gasteiger partial charge on any atom is 0.319 e. The van der Waals surface area contributed by atoms with Crippen molar-refractivity contribution < 1.29 is 22.7 Å². The van der Waals surface area contributed by atoms with Gasteiger partial charge in [0.05, 0.1) is 35.8 Å². The molecule has 4 heterocycles. The van der Waals surface area contributed by atoms with Crippen LogP contribution in [0.15, 0.2) is 61.2 Å². The van der Waals surface area contributed by atoms with Gasteiger partial charge in [-0.05, 0) is 30.2 Å². The Morgan fingerprint density at radius 3 is 2.61 bits per heavy atom. The van der Waals surface area contributed by atoms with Gasteiger partial charge in [0.2, 0.25) is 0 Å². The van der Waals surface area contributed by atoms with Crippen LogP contribution in [0.4, 0.5) is 19.0 Å². The number of carbonyl (C=O) groups excluding carboxylic acids is 1. The van der Waals surface area contributed by atoms with Crippen molar-refractivity contribution >= 4 is 33.4 Å². The van der Waals surface area contributed by atoms with E-state index in [0.717, 1.165) is 22.5 Å². The Morgan fingerprint density at radius 1 is 1.09 bits per heavy atom.